The van der Waals surface area contributed by atoms with Gasteiger partial charge in [-0.15, -0.1) is 0 Å². The summed E-state index contributed by atoms with van der Waals surface area (Å²) in [6.07, 6.45) is 5.21. The lowest BCUT2D eigenvalue weighted by Gasteiger charge is -2.20. The molecule has 1 aliphatic heterocycles. The van der Waals surface area contributed by atoms with Crippen molar-refractivity contribution < 1.29 is 9.90 Å². The van der Waals surface area contributed by atoms with Crippen molar-refractivity contribution in [2.75, 3.05) is 6.54 Å². The van der Waals surface area contributed by atoms with Crippen LogP contribution in [-0.4, -0.2) is 33.5 Å². The summed E-state index contributed by atoms with van der Waals surface area (Å²) >= 11 is 3.36. The summed E-state index contributed by atoms with van der Waals surface area (Å²) in [7, 11) is 0. The molecule has 0 spiro atoms. The Hall–Kier alpha value is -0.940. The average molecular weight is 285 g/mol. The Morgan fingerprint density at radius 2 is 2.44 bits per heavy atom. The van der Waals surface area contributed by atoms with E-state index >= 15 is 0 Å². The second-order valence-electron chi connectivity index (χ2n) is 3.98. The Labute approximate surface area is 102 Å². The molecule has 0 aliphatic carbocycles. The van der Waals surface area contributed by atoms with E-state index in [2.05, 4.69) is 20.9 Å². The van der Waals surface area contributed by atoms with E-state index in [1.54, 1.807) is 12.4 Å². The summed E-state index contributed by atoms with van der Waals surface area (Å²) < 4.78 is 0.927. The first kappa shape index (κ1) is 11.5. The van der Waals surface area contributed by atoms with Crippen molar-refractivity contribution in [2.24, 2.45) is 0 Å². The zero-order valence-electron chi connectivity index (χ0n) is 8.77. The van der Waals surface area contributed by atoms with Gasteiger partial charge in [0, 0.05) is 23.4 Å². The normalized spacial score (nSPS) is 21.2. The lowest BCUT2D eigenvalue weighted by Crippen LogP contribution is -2.35. The molecule has 0 saturated carbocycles. The number of hydrogen-bond acceptors (Lipinski definition) is 3. The summed E-state index contributed by atoms with van der Waals surface area (Å²) in [5.74, 6) is -0.722. The molecule has 2 rings (SSSR count). The number of nitrogens with zero attached hydrogens (tertiary/aromatic N) is 2. The lowest BCUT2D eigenvalue weighted by atomic mass is 10.2. The molecule has 1 aromatic heterocycles. The van der Waals surface area contributed by atoms with Crippen molar-refractivity contribution >= 4 is 21.9 Å². The summed E-state index contributed by atoms with van der Waals surface area (Å²) in [5.41, 5.74) is 1.04. The molecule has 1 unspecified atom stereocenters. The van der Waals surface area contributed by atoms with Gasteiger partial charge >= 0.3 is 5.97 Å². The molecule has 5 heteroatoms. The van der Waals surface area contributed by atoms with Gasteiger partial charge in [-0.05, 0) is 46.9 Å². The number of hydrogen-bond donors (Lipinski definition) is 1. The highest BCUT2D eigenvalue weighted by Crippen LogP contribution is 2.21. The third-order valence-electron chi connectivity index (χ3n) is 2.80. The minimum Gasteiger partial charge on any atom is -0.480 e. The van der Waals surface area contributed by atoms with Crippen molar-refractivity contribution in [3.63, 3.8) is 0 Å². The van der Waals surface area contributed by atoms with Crippen LogP contribution >= 0.6 is 15.9 Å². The molecular formula is C11H13BrN2O2. The summed E-state index contributed by atoms with van der Waals surface area (Å²) in [4.78, 5) is 17.1. The summed E-state index contributed by atoms with van der Waals surface area (Å²) in [6, 6.07) is 1.64. The Kier molecular flexibility index (Phi) is 3.56. The first-order valence-electron chi connectivity index (χ1n) is 5.23. The summed E-state index contributed by atoms with van der Waals surface area (Å²) in [6.45, 7) is 1.51. The summed E-state index contributed by atoms with van der Waals surface area (Å²) in [5, 5.41) is 9.05. The Morgan fingerprint density at radius 3 is 3.12 bits per heavy atom. The van der Waals surface area contributed by atoms with Gasteiger partial charge in [0.15, 0.2) is 0 Å². The quantitative estimate of drug-likeness (QED) is 0.921. The standard InChI is InChI=1S/C11H13BrN2O2/c12-9-4-8(5-13-6-9)7-14-3-1-2-10(14)11(15)16/h4-6,10H,1-3,7H2,(H,15,16). The molecular weight excluding hydrogens is 272 g/mol. The van der Waals surface area contributed by atoms with Crippen LogP contribution in [0.4, 0.5) is 0 Å². The first-order valence-corrected chi connectivity index (χ1v) is 6.02. The first-order chi connectivity index (χ1) is 7.66. The molecule has 0 aromatic carbocycles. The molecule has 0 amide bonds. The largest absolute Gasteiger partial charge is 0.480 e. The smallest absolute Gasteiger partial charge is 0.320 e. The Morgan fingerprint density at radius 1 is 1.62 bits per heavy atom. The van der Waals surface area contributed by atoms with E-state index in [0.717, 1.165) is 29.4 Å². The van der Waals surface area contributed by atoms with Gasteiger partial charge in [0.25, 0.3) is 0 Å². The predicted octanol–water partition coefficient (Wildman–Crippen LogP) is 1.89. The maximum absolute atomic E-state index is 11.0. The SMILES string of the molecule is O=C(O)C1CCCN1Cc1cncc(Br)c1. The molecule has 1 atom stereocenters. The fourth-order valence-electron chi connectivity index (χ4n) is 2.07. The van der Waals surface area contributed by atoms with Crippen LogP contribution < -0.4 is 0 Å². The zero-order chi connectivity index (χ0) is 11.5. The third-order valence-corrected chi connectivity index (χ3v) is 3.23. The second-order valence-corrected chi connectivity index (χ2v) is 4.89. The molecule has 1 N–H and O–H groups in total. The van der Waals surface area contributed by atoms with Crippen molar-refractivity contribution in [1.29, 1.82) is 0 Å². The van der Waals surface area contributed by atoms with Crippen LogP contribution in [0.3, 0.4) is 0 Å². The highest BCUT2D eigenvalue weighted by atomic mass is 79.9. The molecule has 0 radical (unpaired) electrons. The monoisotopic (exact) mass is 284 g/mol. The van der Waals surface area contributed by atoms with E-state index in [9.17, 15) is 4.79 Å². The van der Waals surface area contributed by atoms with E-state index < -0.39 is 5.97 Å². The second kappa shape index (κ2) is 4.93. The van der Waals surface area contributed by atoms with E-state index in [-0.39, 0.29) is 6.04 Å². The molecule has 1 aromatic rings. The zero-order valence-corrected chi connectivity index (χ0v) is 10.4. The van der Waals surface area contributed by atoms with Gasteiger partial charge in [0.1, 0.15) is 6.04 Å². The van der Waals surface area contributed by atoms with Crippen molar-refractivity contribution in [3.05, 3.63) is 28.5 Å². The maximum Gasteiger partial charge on any atom is 0.320 e. The number of aliphatic carboxylic acids is 1. The highest BCUT2D eigenvalue weighted by Gasteiger charge is 2.30. The number of likely N-dealkylation sites (tertiary alicyclic amines) is 1. The van der Waals surface area contributed by atoms with E-state index in [0.29, 0.717) is 6.54 Å². The van der Waals surface area contributed by atoms with Gasteiger partial charge in [-0.25, -0.2) is 0 Å². The Bertz CT molecular complexity index is 397. The average Bonchev–Trinajstić information content (AvgIpc) is 2.66. The predicted molar refractivity (Wildman–Crippen MR) is 63.0 cm³/mol. The topological polar surface area (TPSA) is 53.4 Å². The van der Waals surface area contributed by atoms with Gasteiger partial charge in [-0.2, -0.15) is 0 Å². The Balaban J connectivity index is 2.06. The van der Waals surface area contributed by atoms with Crippen LogP contribution in [-0.2, 0) is 11.3 Å². The molecule has 1 saturated heterocycles. The number of rotatable bonds is 3. The minimum atomic E-state index is -0.722. The van der Waals surface area contributed by atoms with Gasteiger partial charge in [0.2, 0.25) is 0 Å². The van der Waals surface area contributed by atoms with Crippen molar-refractivity contribution in [2.45, 2.75) is 25.4 Å². The third kappa shape index (κ3) is 2.59. The molecule has 1 fully saturated rings. The van der Waals surface area contributed by atoms with Crippen molar-refractivity contribution in [1.82, 2.24) is 9.88 Å². The number of carboxylic acids is 1. The minimum absolute atomic E-state index is 0.334. The lowest BCUT2D eigenvalue weighted by molar-refractivity contribution is -0.142. The molecule has 0 bridgehead atoms. The van der Waals surface area contributed by atoms with E-state index in [4.69, 9.17) is 5.11 Å². The van der Waals surface area contributed by atoms with E-state index in [1.165, 1.54) is 0 Å². The van der Waals surface area contributed by atoms with Crippen LogP contribution in [0.2, 0.25) is 0 Å². The fraction of sp³-hybridized carbons (Fsp3) is 0.455. The molecule has 4 nitrogen and oxygen atoms in total. The van der Waals surface area contributed by atoms with Crippen LogP contribution in [0.1, 0.15) is 18.4 Å². The number of carbonyl (C=O) groups is 1. The van der Waals surface area contributed by atoms with Crippen LogP contribution in [0, 0.1) is 0 Å². The number of pyridine rings is 1. The number of aromatic nitrogens is 1. The molecule has 86 valence electrons. The van der Waals surface area contributed by atoms with E-state index in [1.807, 2.05) is 11.0 Å². The van der Waals surface area contributed by atoms with Gasteiger partial charge in [0.05, 0.1) is 0 Å². The maximum atomic E-state index is 11.0. The van der Waals surface area contributed by atoms with Crippen LogP contribution in [0.15, 0.2) is 22.9 Å². The number of carboxylic acid groups (broad SMARTS) is 1. The van der Waals surface area contributed by atoms with Gasteiger partial charge in [-0.3, -0.25) is 14.7 Å². The molecule has 2 heterocycles. The van der Waals surface area contributed by atoms with Gasteiger partial charge < -0.3 is 5.11 Å². The highest BCUT2D eigenvalue weighted by molar-refractivity contribution is 9.10. The van der Waals surface area contributed by atoms with Crippen LogP contribution in [0.5, 0.6) is 0 Å². The fourth-order valence-corrected chi connectivity index (χ4v) is 2.48. The molecule has 1 aliphatic rings. The van der Waals surface area contributed by atoms with Crippen molar-refractivity contribution in [3.8, 4) is 0 Å². The molecule has 16 heavy (non-hydrogen) atoms. The number of halogens is 1. The van der Waals surface area contributed by atoms with Crippen LogP contribution in [0.25, 0.3) is 0 Å². The van der Waals surface area contributed by atoms with Gasteiger partial charge in [-0.1, -0.05) is 0 Å².